The normalized spacial score (nSPS) is 21.3. The van der Waals surface area contributed by atoms with Crippen LogP contribution in [0.5, 0.6) is 11.5 Å². The number of amides is 4. The van der Waals surface area contributed by atoms with Crippen LogP contribution in [0.2, 0.25) is 0 Å². The van der Waals surface area contributed by atoms with Crippen LogP contribution in [-0.4, -0.2) is 101 Å². The SMILES string of the molecule is COC(=O)[C@@H]1C[C@@H](OC(=O)N2Cc3cc4c(cc3C2)OCCO4)CN1C(=O)[C@@H](NC(=O)[C@@H](NC(=O)c1cnccn1)C1CCCCC1)C(C)(C)C. The molecule has 0 bridgehead atoms. The average molecular weight is 707 g/mol. The van der Waals surface area contributed by atoms with Crippen LogP contribution in [0.4, 0.5) is 4.79 Å². The number of nitrogens with one attached hydrogen (secondary N) is 2. The Morgan fingerprint density at radius 2 is 1.61 bits per heavy atom. The summed E-state index contributed by atoms with van der Waals surface area (Å²) in [5, 5.41) is 5.78. The molecule has 0 spiro atoms. The molecule has 274 valence electrons. The third-order valence-corrected chi connectivity index (χ3v) is 10.0. The molecule has 1 aromatic carbocycles. The molecule has 2 aromatic rings. The smallest absolute Gasteiger partial charge is 0.410 e. The first-order chi connectivity index (χ1) is 24.4. The van der Waals surface area contributed by atoms with Crippen molar-refractivity contribution in [2.45, 2.75) is 96.6 Å². The predicted molar refractivity (Wildman–Crippen MR) is 180 cm³/mol. The molecule has 4 atom stereocenters. The molecular formula is C36H46N6O9. The van der Waals surface area contributed by atoms with Gasteiger partial charge in [0.25, 0.3) is 5.91 Å². The monoisotopic (exact) mass is 706 g/mol. The Labute approximate surface area is 296 Å². The fourth-order valence-corrected chi connectivity index (χ4v) is 7.31. The highest BCUT2D eigenvalue weighted by Gasteiger charge is 2.48. The van der Waals surface area contributed by atoms with Crippen molar-refractivity contribution in [2.75, 3.05) is 26.9 Å². The van der Waals surface area contributed by atoms with Crippen LogP contribution in [0.25, 0.3) is 0 Å². The first-order valence-corrected chi connectivity index (χ1v) is 17.6. The molecule has 0 radical (unpaired) electrons. The molecule has 6 rings (SSSR count). The van der Waals surface area contributed by atoms with Crippen molar-refractivity contribution < 1.29 is 42.9 Å². The van der Waals surface area contributed by atoms with E-state index in [0.717, 1.165) is 43.2 Å². The molecule has 2 fully saturated rings. The van der Waals surface area contributed by atoms with Crippen LogP contribution in [0.3, 0.4) is 0 Å². The van der Waals surface area contributed by atoms with Crippen LogP contribution in [0, 0.1) is 11.3 Å². The first-order valence-electron chi connectivity index (χ1n) is 17.6. The Bertz CT molecular complexity index is 1610. The van der Waals surface area contributed by atoms with Gasteiger partial charge in [0.2, 0.25) is 11.8 Å². The van der Waals surface area contributed by atoms with Crippen molar-refractivity contribution in [3.8, 4) is 11.5 Å². The molecular weight excluding hydrogens is 660 g/mol. The van der Waals surface area contributed by atoms with Crippen molar-refractivity contribution in [3.05, 3.63) is 47.5 Å². The van der Waals surface area contributed by atoms with E-state index >= 15 is 0 Å². The van der Waals surface area contributed by atoms with Crippen molar-refractivity contribution in [2.24, 2.45) is 11.3 Å². The Kier molecular flexibility index (Phi) is 10.6. The fourth-order valence-electron chi connectivity index (χ4n) is 7.31. The zero-order valence-electron chi connectivity index (χ0n) is 29.5. The van der Waals surface area contributed by atoms with E-state index in [9.17, 15) is 24.0 Å². The van der Waals surface area contributed by atoms with Crippen LogP contribution in [-0.2, 0) is 36.9 Å². The first kappa shape index (κ1) is 35.9. The fraction of sp³-hybridized carbons (Fsp3) is 0.583. The summed E-state index contributed by atoms with van der Waals surface area (Å²) < 4.78 is 22.3. The number of hydrogen-bond donors (Lipinski definition) is 2. The topological polar surface area (TPSA) is 179 Å². The van der Waals surface area contributed by atoms with Gasteiger partial charge in [-0.3, -0.25) is 24.3 Å². The number of methoxy groups -OCH3 is 1. The second-order valence-corrected chi connectivity index (χ2v) is 14.6. The molecule has 4 heterocycles. The standard InChI is InChI=1S/C36H46N6O9/c1-36(2,3)30(40-32(44)29(21-8-6-5-7-9-21)39-31(43)25-17-37-10-11-38-25)33(45)42-20-24(16-26(42)34(46)48-4)51-35(47)41-18-22-14-27-28(15-23(22)19-41)50-13-12-49-27/h10-11,14-15,17,21,24,26,29-30H,5-9,12-13,16,18-20H2,1-4H3,(H,39,43)(H,40,44)/t24-,26+,29+,30-/m1/s1. The lowest BCUT2D eigenvalue weighted by Crippen LogP contribution is -2.61. The van der Waals surface area contributed by atoms with Gasteiger partial charge in [-0.25, -0.2) is 14.6 Å². The van der Waals surface area contributed by atoms with Gasteiger partial charge in [0, 0.05) is 31.9 Å². The molecule has 3 aliphatic heterocycles. The highest BCUT2D eigenvalue weighted by molar-refractivity contribution is 5.98. The summed E-state index contributed by atoms with van der Waals surface area (Å²) in [5.41, 5.74) is 1.13. The van der Waals surface area contributed by atoms with Gasteiger partial charge in [0.05, 0.1) is 19.9 Å². The molecule has 1 saturated carbocycles. The van der Waals surface area contributed by atoms with Gasteiger partial charge in [0.1, 0.15) is 43.1 Å². The van der Waals surface area contributed by atoms with E-state index in [1.807, 2.05) is 32.9 Å². The number of nitrogens with zero attached hydrogens (tertiary/aromatic N) is 4. The van der Waals surface area contributed by atoms with Gasteiger partial charge in [0.15, 0.2) is 11.5 Å². The number of carbonyl (C=O) groups is 5. The number of ether oxygens (including phenoxy) is 4. The third kappa shape index (κ3) is 8.02. The zero-order chi connectivity index (χ0) is 36.3. The highest BCUT2D eigenvalue weighted by atomic mass is 16.6. The quantitative estimate of drug-likeness (QED) is 0.386. The summed E-state index contributed by atoms with van der Waals surface area (Å²) in [4.78, 5) is 78.9. The maximum atomic E-state index is 14.4. The third-order valence-electron chi connectivity index (χ3n) is 10.0. The van der Waals surface area contributed by atoms with Gasteiger partial charge < -0.3 is 34.5 Å². The van der Waals surface area contributed by atoms with Crippen molar-refractivity contribution in [1.29, 1.82) is 0 Å². The molecule has 15 heteroatoms. The summed E-state index contributed by atoms with van der Waals surface area (Å²) in [7, 11) is 1.23. The second kappa shape index (κ2) is 15.1. The molecule has 4 amide bonds. The van der Waals surface area contributed by atoms with Crippen molar-refractivity contribution in [3.63, 3.8) is 0 Å². The van der Waals surface area contributed by atoms with Crippen LogP contribution in [0.15, 0.2) is 30.7 Å². The molecule has 2 N–H and O–H groups in total. The lowest BCUT2D eigenvalue weighted by Gasteiger charge is -2.37. The molecule has 1 saturated heterocycles. The largest absolute Gasteiger partial charge is 0.486 e. The van der Waals surface area contributed by atoms with E-state index in [2.05, 4.69) is 20.6 Å². The minimum absolute atomic E-state index is 0.0323. The Balaban J connectivity index is 1.16. The number of carbonyl (C=O) groups excluding carboxylic acids is 5. The molecule has 0 unspecified atom stereocenters. The summed E-state index contributed by atoms with van der Waals surface area (Å²) in [5.74, 6) is -1.09. The lowest BCUT2D eigenvalue weighted by molar-refractivity contribution is -0.153. The molecule has 15 nitrogen and oxygen atoms in total. The number of rotatable bonds is 8. The lowest BCUT2D eigenvalue weighted by atomic mass is 9.82. The predicted octanol–water partition coefficient (Wildman–Crippen LogP) is 2.75. The minimum atomic E-state index is -1.09. The van der Waals surface area contributed by atoms with Crippen LogP contribution < -0.4 is 20.1 Å². The maximum Gasteiger partial charge on any atom is 0.410 e. The molecule has 1 aromatic heterocycles. The number of hydrogen-bond acceptors (Lipinski definition) is 11. The van der Waals surface area contributed by atoms with Crippen molar-refractivity contribution >= 4 is 29.8 Å². The van der Waals surface area contributed by atoms with Gasteiger partial charge >= 0.3 is 12.1 Å². The number of likely N-dealkylation sites (tertiary alicyclic amines) is 1. The van der Waals surface area contributed by atoms with Gasteiger partial charge in [-0.05, 0) is 47.4 Å². The number of aromatic nitrogens is 2. The second-order valence-electron chi connectivity index (χ2n) is 14.6. The van der Waals surface area contributed by atoms with E-state index < -0.39 is 59.4 Å². The summed E-state index contributed by atoms with van der Waals surface area (Å²) in [6, 6.07) is 0.705. The minimum Gasteiger partial charge on any atom is -0.486 e. The Morgan fingerprint density at radius 1 is 0.941 bits per heavy atom. The van der Waals surface area contributed by atoms with E-state index in [1.54, 1.807) is 4.90 Å². The summed E-state index contributed by atoms with van der Waals surface area (Å²) in [6.07, 6.45) is 7.19. The number of benzene rings is 1. The average Bonchev–Trinajstić information content (AvgIpc) is 3.75. The van der Waals surface area contributed by atoms with Crippen LogP contribution >= 0.6 is 0 Å². The van der Waals surface area contributed by atoms with E-state index in [0.29, 0.717) is 37.8 Å². The van der Waals surface area contributed by atoms with Crippen LogP contribution in [0.1, 0.15) is 80.9 Å². The highest BCUT2D eigenvalue weighted by Crippen LogP contribution is 2.37. The van der Waals surface area contributed by atoms with E-state index in [4.69, 9.17) is 18.9 Å². The van der Waals surface area contributed by atoms with E-state index in [1.165, 1.54) is 30.6 Å². The maximum absolute atomic E-state index is 14.4. The Morgan fingerprint density at radius 3 is 2.20 bits per heavy atom. The number of fused-ring (bicyclic) bond motifs is 2. The van der Waals surface area contributed by atoms with Crippen molar-refractivity contribution in [1.82, 2.24) is 30.4 Å². The Hall–Kier alpha value is -4.95. The summed E-state index contributed by atoms with van der Waals surface area (Å²) in [6.45, 7) is 6.89. The zero-order valence-corrected chi connectivity index (χ0v) is 29.5. The molecule has 51 heavy (non-hydrogen) atoms. The van der Waals surface area contributed by atoms with Gasteiger partial charge in [-0.15, -0.1) is 0 Å². The van der Waals surface area contributed by atoms with Gasteiger partial charge in [-0.1, -0.05) is 40.0 Å². The van der Waals surface area contributed by atoms with Gasteiger partial charge in [-0.2, -0.15) is 0 Å². The van der Waals surface area contributed by atoms with E-state index in [-0.39, 0.29) is 24.6 Å². The number of esters is 1. The molecule has 1 aliphatic carbocycles. The summed E-state index contributed by atoms with van der Waals surface area (Å²) >= 11 is 0. The molecule has 4 aliphatic rings.